The average molecular weight is 487 g/mol. The molecule has 0 atom stereocenters. The van der Waals surface area contributed by atoms with Gasteiger partial charge in [0.2, 0.25) is 0 Å². The number of halogens is 1. The standard InChI is InChI=1S/C31H19BrO/c32-21-17-18-23-27(19-21)31(26-14-8-11-22(30(23)26)20-9-2-1-3-10-20)24-12-4-6-15-28(24)33-29-16-7-5-13-25(29)31/h1-19H. The van der Waals surface area contributed by atoms with Crippen molar-refractivity contribution < 1.29 is 4.74 Å². The van der Waals surface area contributed by atoms with Gasteiger partial charge >= 0.3 is 0 Å². The molecule has 1 aliphatic carbocycles. The van der Waals surface area contributed by atoms with Crippen molar-refractivity contribution in [3.8, 4) is 33.8 Å². The first-order chi connectivity index (χ1) is 16.3. The molecule has 1 nitrogen and oxygen atoms in total. The summed E-state index contributed by atoms with van der Waals surface area (Å²) < 4.78 is 7.51. The second-order valence-corrected chi connectivity index (χ2v) is 9.54. The number of benzene rings is 5. The van der Waals surface area contributed by atoms with Gasteiger partial charge in [-0.25, -0.2) is 0 Å². The van der Waals surface area contributed by atoms with Crippen LogP contribution in [-0.4, -0.2) is 0 Å². The summed E-state index contributed by atoms with van der Waals surface area (Å²) in [6.07, 6.45) is 0. The highest BCUT2D eigenvalue weighted by Gasteiger charge is 2.51. The Kier molecular flexibility index (Phi) is 3.97. The van der Waals surface area contributed by atoms with Gasteiger partial charge in [-0.15, -0.1) is 0 Å². The summed E-state index contributed by atoms with van der Waals surface area (Å²) >= 11 is 3.77. The topological polar surface area (TPSA) is 9.23 Å². The van der Waals surface area contributed by atoms with Crippen LogP contribution in [0.15, 0.2) is 120 Å². The van der Waals surface area contributed by atoms with Crippen molar-refractivity contribution in [2.24, 2.45) is 0 Å². The molecule has 5 aromatic rings. The van der Waals surface area contributed by atoms with E-state index in [1.54, 1.807) is 0 Å². The van der Waals surface area contributed by atoms with Crippen LogP contribution in [0.2, 0.25) is 0 Å². The highest BCUT2D eigenvalue weighted by Crippen LogP contribution is 2.63. The van der Waals surface area contributed by atoms with Crippen LogP contribution < -0.4 is 4.74 Å². The molecule has 1 heterocycles. The van der Waals surface area contributed by atoms with E-state index in [0.29, 0.717) is 0 Å². The van der Waals surface area contributed by atoms with Crippen molar-refractivity contribution in [2.45, 2.75) is 5.41 Å². The number of hydrogen-bond donors (Lipinski definition) is 0. The van der Waals surface area contributed by atoms with Gasteiger partial charge in [0.05, 0.1) is 5.41 Å². The van der Waals surface area contributed by atoms with E-state index in [0.717, 1.165) is 16.0 Å². The Morgan fingerprint density at radius 2 is 1.15 bits per heavy atom. The molecule has 0 bridgehead atoms. The average Bonchev–Trinajstić information content (AvgIpc) is 3.15. The van der Waals surface area contributed by atoms with E-state index < -0.39 is 5.41 Å². The minimum atomic E-state index is -0.440. The maximum atomic E-state index is 6.43. The molecular formula is C31H19BrO. The van der Waals surface area contributed by atoms with Crippen molar-refractivity contribution in [1.29, 1.82) is 0 Å². The first-order valence-electron chi connectivity index (χ1n) is 11.1. The number of hydrogen-bond acceptors (Lipinski definition) is 1. The number of fused-ring (bicyclic) bond motifs is 9. The molecule has 0 radical (unpaired) electrons. The smallest absolute Gasteiger partial charge is 0.132 e. The maximum absolute atomic E-state index is 6.43. The molecule has 156 valence electrons. The predicted octanol–water partition coefficient (Wildman–Crippen LogP) is 8.58. The largest absolute Gasteiger partial charge is 0.457 e. The fourth-order valence-corrected chi connectivity index (χ4v) is 6.14. The normalized spacial score (nSPS) is 14.1. The summed E-state index contributed by atoms with van der Waals surface area (Å²) in [4.78, 5) is 0. The van der Waals surface area contributed by atoms with E-state index >= 15 is 0 Å². The first-order valence-corrected chi connectivity index (χ1v) is 11.9. The Bertz CT molecular complexity index is 1510. The highest BCUT2D eigenvalue weighted by molar-refractivity contribution is 9.10. The fraction of sp³-hybridized carbons (Fsp3) is 0.0323. The van der Waals surface area contributed by atoms with Crippen LogP contribution in [0.3, 0.4) is 0 Å². The molecule has 0 aromatic heterocycles. The van der Waals surface area contributed by atoms with Gasteiger partial charge in [0.25, 0.3) is 0 Å². The number of rotatable bonds is 1. The molecule has 2 aliphatic rings. The quantitative estimate of drug-likeness (QED) is 0.225. The zero-order valence-corrected chi connectivity index (χ0v) is 19.3. The van der Waals surface area contributed by atoms with Crippen molar-refractivity contribution in [3.63, 3.8) is 0 Å². The molecule has 7 rings (SSSR count). The minimum Gasteiger partial charge on any atom is -0.457 e. The van der Waals surface area contributed by atoms with Crippen LogP contribution in [0.5, 0.6) is 11.5 Å². The summed E-state index contributed by atoms with van der Waals surface area (Å²) in [5.74, 6) is 1.83. The molecule has 0 saturated carbocycles. The van der Waals surface area contributed by atoms with Gasteiger partial charge in [0, 0.05) is 15.6 Å². The maximum Gasteiger partial charge on any atom is 0.132 e. The zero-order chi connectivity index (χ0) is 22.0. The van der Waals surface area contributed by atoms with E-state index in [4.69, 9.17) is 4.74 Å². The summed E-state index contributed by atoms with van der Waals surface area (Å²) in [5, 5.41) is 0. The Labute approximate surface area is 201 Å². The second kappa shape index (κ2) is 6.94. The van der Waals surface area contributed by atoms with Gasteiger partial charge in [-0.05, 0) is 57.6 Å². The lowest BCUT2D eigenvalue weighted by Crippen LogP contribution is -2.32. The van der Waals surface area contributed by atoms with E-state index in [-0.39, 0.29) is 0 Å². The van der Waals surface area contributed by atoms with Crippen molar-refractivity contribution in [1.82, 2.24) is 0 Å². The lowest BCUT2D eigenvalue weighted by molar-refractivity contribution is 0.436. The van der Waals surface area contributed by atoms with Crippen molar-refractivity contribution >= 4 is 15.9 Å². The Balaban J connectivity index is 1.69. The molecule has 2 heteroatoms. The fourth-order valence-electron chi connectivity index (χ4n) is 5.78. The molecule has 5 aromatic carbocycles. The van der Waals surface area contributed by atoms with Gasteiger partial charge in [0.15, 0.2) is 0 Å². The van der Waals surface area contributed by atoms with E-state index in [1.807, 2.05) is 0 Å². The highest BCUT2D eigenvalue weighted by atomic mass is 79.9. The van der Waals surface area contributed by atoms with Gasteiger partial charge in [-0.3, -0.25) is 0 Å². The second-order valence-electron chi connectivity index (χ2n) is 8.63. The summed E-state index contributed by atoms with van der Waals surface area (Å²) in [7, 11) is 0. The molecule has 0 N–H and O–H groups in total. The zero-order valence-electron chi connectivity index (χ0n) is 17.8. The molecule has 0 fully saturated rings. The van der Waals surface area contributed by atoms with Gasteiger partial charge in [-0.1, -0.05) is 107 Å². The lowest BCUT2D eigenvalue weighted by atomic mass is 9.66. The van der Waals surface area contributed by atoms with Crippen LogP contribution in [0.4, 0.5) is 0 Å². The Morgan fingerprint density at radius 3 is 1.88 bits per heavy atom. The van der Waals surface area contributed by atoms with Crippen LogP contribution in [0.1, 0.15) is 22.3 Å². The summed E-state index contributed by atoms with van der Waals surface area (Å²) in [6, 6.07) is 41.1. The third-order valence-corrected chi connectivity index (χ3v) is 7.50. The Morgan fingerprint density at radius 1 is 0.515 bits per heavy atom. The molecule has 0 amide bonds. The van der Waals surface area contributed by atoms with Crippen molar-refractivity contribution in [3.05, 3.63) is 142 Å². The monoisotopic (exact) mass is 486 g/mol. The SMILES string of the molecule is Brc1ccc2c(c1)C1(c3ccccc3Oc3ccccc31)c1cccc(-c3ccccc3)c1-2. The van der Waals surface area contributed by atoms with Crippen molar-refractivity contribution in [2.75, 3.05) is 0 Å². The molecule has 0 unspecified atom stereocenters. The van der Waals surface area contributed by atoms with Gasteiger partial charge in [0.1, 0.15) is 11.5 Å². The first kappa shape index (κ1) is 18.9. The number of para-hydroxylation sites is 2. The van der Waals surface area contributed by atoms with Crippen LogP contribution in [0.25, 0.3) is 22.3 Å². The molecular weight excluding hydrogens is 468 g/mol. The lowest BCUT2D eigenvalue weighted by Gasteiger charge is -2.39. The summed E-state index contributed by atoms with van der Waals surface area (Å²) in [5.41, 5.74) is 9.60. The minimum absolute atomic E-state index is 0.440. The molecule has 1 spiro atoms. The van der Waals surface area contributed by atoms with E-state index in [2.05, 4.69) is 131 Å². The summed E-state index contributed by atoms with van der Waals surface area (Å²) in [6.45, 7) is 0. The Hall–Kier alpha value is -3.62. The molecule has 33 heavy (non-hydrogen) atoms. The van der Waals surface area contributed by atoms with Crippen LogP contribution in [-0.2, 0) is 5.41 Å². The third-order valence-electron chi connectivity index (χ3n) is 7.01. The predicted molar refractivity (Wildman–Crippen MR) is 137 cm³/mol. The van der Waals surface area contributed by atoms with Gasteiger partial charge in [-0.2, -0.15) is 0 Å². The molecule has 1 aliphatic heterocycles. The van der Waals surface area contributed by atoms with E-state index in [9.17, 15) is 0 Å². The van der Waals surface area contributed by atoms with Crippen LogP contribution in [0, 0.1) is 0 Å². The van der Waals surface area contributed by atoms with Crippen LogP contribution >= 0.6 is 15.9 Å². The van der Waals surface area contributed by atoms with Gasteiger partial charge < -0.3 is 4.74 Å². The molecule has 0 saturated heterocycles. The van der Waals surface area contributed by atoms with E-state index in [1.165, 1.54) is 44.5 Å². The number of ether oxygens (including phenoxy) is 1. The third kappa shape index (κ3) is 2.47.